The molecular weight excluding hydrogens is 270 g/mol. The number of ether oxygens (including phenoxy) is 1. The van der Waals surface area contributed by atoms with Gasteiger partial charge >= 0.3 is 5.97 Å². The fourth-order valence-electron chi connectivity index (χ4n) is 3.38. The molecule has 0 aromatic rings. The molecule has 1 heterocycles. The molecule has 116 valence electrons. The van der Waals surface area contributed by atoms with Gasteiger partial charge in [0, 0.05) is 25.2 Å². The Morgan fingerprint density at radius 1 is 1.24 bits per heavy atom. The van der Waals surface area contributed by atoms with Gasteiger partial charge in [-0.15, -0.1) is 0 Å². The highest BCUT2D eigenvalue weighted by Gasteiger charge is 2.50. The predicted octanol–water partition coefficient (Wildman–Crippen LogP) is 1.71. The van der Waals surface area contributed by atoms with Crippen LogP contribution in [-0.2, 0) is 19.1 Å². The largest absolute Gasteiger partial charge is 0.468 e. The van der Waals surface area contributed by atoms with Crippen molar-refractivity contribution >= 4 is 17.5 Å². The first-order chi connectivity index (χ1) is 9.79. The van der Waals surface area contributed by atoms with Crippen molar-refractivity contribution in [1.29, 1.82) is 0 Å². The van der Waals surface area contributed by atoms with Crippen molar-refractivity contribution in [2.75, 3.05) is 20.2 Å². The summed E-state index contributed by atoms with van der Waals surface area (Å²) in [5.74, 6) is -1.99. The zero-order valence-corrected chi connectivity index (χ0v) is 13.2. The Kier molecular flexibility index (Phi) is 4.21. The van der Waals surface area contributed by atoms with E-state index in [1.165, 1.54) is 7.11 Å². The molecule has 1 saturated heterocycles. The van der Waals surface area contributed by atoms with E-state index in [-0.39, 0.29) is 23.6 Å². The van der Waals surface area contributed by atoms with Gasteiger partial charge in [-0.05, 0) is 25.2 Å². The van der Waals surface area contributed by atoms with Crippen LogP contribution in [-0.4, -0.2) is 42.6 Å². The first-order valence-corrected chi connectivity index (χ1v) is 7.40. The topological polar surface area (TPSA) is 63.7 Å². The lowest BCUT2D eigenvalue weighted by Gasteiger charge is -2.36. The molecule has 5 heteroatoms. The van der Waals surface area contributed by atoms with Crippen LogP contribution in [0.2, 0.25) is 0 Å². The Labute approximate surface area is 125 Å². The Hall–Kier alpha value is -1.65. The molecule has 5 nitrogen and oxygen atoms in total. The molecule has 1 atom stereocenters. The molecule has 2 fully saturated rings. The second kappa shape index (κ2) is 5.62. The van der Waals surface area contributed by atoms with Crippen molar-refractivity contribution in [1.82, 2.24) is 4.90 Å². The van der Waals surface area contributed by atoms with E-state index >= 15 is 0 Å². The lowest BCUT2D eigenvalue weighted by Crippen LogP contribution is -2.47. The highest BCUT2D eigenvalue weighted by Crippen LogP contribution is 2.41. The molecule has 0 N–H and O–H groups in total. The molecule has 0 radical (unpaired) electrons. The SMILES string of the molecule is COC(=O)[C@@H]1C(=O)/C(=C(\C)N2CCCC2)C(=O)CC1(C)C. The van der Waals surface area contributed by atoms with Crippen LogP contribution in [0.15, 0.2) is 11.3 Å². The molecular formula is C16H23NO4. The van der Waals surface area contributed by atoms with Crippen molar-refractivity contribution in [3.63, 3.8) is 0 Å². The normalized spacial score (nSPS) is 27.8. The number of rotatable bonds is 2. The predicted molar refractivity (Wildman–Crippen MR) is 77.4 cm³/mol. The zero-order chi connectivity index (χ0) is 15.8. The Morgan fingerprint density at radius 3 is 2.33 bits per heavy atom. The van der Waals surface area contributed by atoms with Gasteiger partial charge in [0.05, 0.1) is 12.7 Å². The van der Waals surface area contributed by atoms with E-state index in [4.69, 9.17) is 4.74 Å². The molecule has 1 aliphatic carbocycles. The van der Waals surface area contributed by atoms with Crippen LogP contribution < -0.4 is 0 Å². The number of allylic oxidation sites excluding steroid dienone is 2. The number of nitrogens with zero attached hydrogens (tertiary/aromatic N) is 1. The van der Waals surface area contributed by atoms with E-state index in [0.29, 0.717) is 5.70 Å². The van der Waals surface area contributed by atoms with E-state index in [9.17, 15) is 14.4 Å². The number of esters is 1. The van der Waals surface area contributed by atoms with E-state index < -0.39 is 17.3 Å². The number of hydrogen-bond donors (Lipinski definition) is 0. The number of hydrogen-bond acceptors (Lipinski definition) is 5. The van der Waals surface area contributed by atoms with Gasteiger partial charge in [0.15, 0.2) is 11.6 Å². The zero-order valence-electron chi connectivity index (χ0n) is 13.2. The summed E-state index contributed by atoms with van der Waals surface area (Å²) in [6, 6.07) is 0. The number of carbonyl (C=O) groups is 3. The van der Waals surface area contributed by atoms with Crippen molar-refractivity contribution in [3.05, 3.63) is 11.3 Å². The summed E-state index contributed by atoms with van der Waals surface area (Å²) in [6.45, 7) is 7.08. The van der Waals surface area contributed by atoms with Crippen LogP contribution in [0.5, 0.6) is 0 Å². The summed E-state index contributed by atoms with van der Waals surface area (Å²) in [5, 5.41) is 0. The van der Waals surface area contributed by atoms with Gasteiger partial charge in [0.25, 0.3) is 0 Å². The number of ketones is 2. The van der Waals surface area contributed by atoms with Gasteiger partial charge < -0.3 is 9.64 Å². The van der Waals surface area contributed by atoms with Crippen molar-refractivity contribution in [2.45, 2.75) is 40.0 Å². The van der Waals surface area contributed by atoms with E-state index in [0.717, 1.165) is 25.9 Å². The number of carbonyl (C=O) groups excluding carboxylic acids is 3. The Bertz CT molecular complexity index is 512. The van der Waals surface area contributed by atoms with Crippen molar-refractivity contribution in [3.8, 4) is 0 Å². The molecule has 2 rings (SSSR count). The molecule has 21 heavy (non-hydrogen) atoms. The summed E-state index contributed by atoms with van der Waals surface area (Å²) >= 11 is 0. The fourth-order valence-corrected chi connectivity index (χ4v) is 3.38. The smallest absolute Gasteiger partial charge is 0.317 e. The lowest BCUT2D eigenvalue weighted by atomic mass is 9.65. The van der Waals surface area contributed by atoms with Gasteiger partial charge in [0.2, 0.25) is 0 Å². The maximum atomic E-state index is 12.7. The molecule has 0 bridgehead atoms. The summed E-state index contributed by atoms with van der Waals surface area (Å²) in [7, 11) is 1.28. The maximum Gasteiger partial charge on any atom is 0.317 e. The number of likely N-dealkylation sites (tertiary alicyclic amines) is 1. The van der Waals surface area contributed by atoms with Crippen molar-refractivity contribution < 1.29 is 19.1 Å². The minimum Gasteiger partial charge on any atom is -0.468 e. The van der Waals surface area contributed by atoms with E-state index in [2.05, 4.69) is 4.90 Å². The Morgan fingerprint density at radius 2 is 1.81 bits per heavy atom. The average molecular weight is 293 g/mol. The standard InChI is InChI=1S/C16H23NO4/c1-10(17-7-5-6-8-17)12-11(18)9-16(2,3)13(14(12)19)15(20)21-4/h13H,5-9H2,1-4H3/b12-10+/t13-/m0/s1. The van der Waals surface area contributed by atoms with Gasteiger partial charge in [-0.3, -0.25) is 14.4 Å². The third-order valence-corrected chi connectivity index (χ3v) is 4.56. The highest BCUT2D eigenvalue weighted by molar-refractivity contribution is 6.27. The van der Waals surface area contributed by atoms with Gasteiger partial charge in [-0.1, -0.05) is 13.8 Å². The fraction of sp³-hybridized carbons (Fsp3) is 0.688. The summed E-state index contributed by atoms with van der Waals surface area (Å²) < 4.78 is 4.78. The molecule has 0 amide bonds. The second-order valence-electron chi connectivity index (χ2n) is 6.56. The van der Waals surface area contributed by atoms with Gasteiger partial charge in [-0.2, -0.15) is 0 Å². The molecule has 2 aliphatic rings. The van der Waals surface area contributed by atoms with Crippen LogP contribution in [0.25, 0.3) is 0 Å². The third-order valence-electron chi connectivity index (χ3n) is 4.56. The van der Waals surface area contributed by atoms with Crippen LogP contribution >= 0.6 is 0 Å². The molecule has 0 unspecified atom stereocenters. The Balaban J connectivity index is 2.43. The van der Waals surface area contributed by atoms with Crippen LogP contribution in [0.1, 0.15) is 40.0 Å². The highest BCUT2D eigenvalue weighted by atomic mass is 16.5. The minimum atomic E-state index is -0.896. The van der Waals surface area contributed by atoms with Gasteiger partial charge in [0.1, 0.15) is 5.92 Å². The summed E-state index contributed by atoms with van der Waals surface area (Å²) in [6.07, 6.45) is 2.33. The van der Waals surface area contributed by atoms with Crippen molar-refractivity contribution in [2.24, 2.45) is 11.3 Å². The first-order valence-electron chi connectivity index (χ1n) is 7.40. The molecule has 1 aliphatic heterocycles. The molecule has 0 aromatic heterocycles. The monoisotopic (exact) mass is 293 g/mol. The maximum absolute atomic E-state index is 12.7. The average Bonchev–Trinajstić information content (AvgIpc) is 2.90. The quantitative estimate of drug-likeness (QED) is 0.336. The van der Waals surface area contributed by atoms with Crippen LogP contribution in [0.4, 0.5) is 0 Å². The lowest BCUT2D eigenvalue weighted by molar-refractivity contribution is -0.155. The second-order valence-corrected chi connectivity index (χ2v) is 6.56. The first kappa shape index (κ1) is 15.7. The van der Waals surface area contributed by atoms with Gasteiger partial charge in [-0.25, -0.2) is 0 Å². The van der Waals surface area contributed by atoms with E-state index in [1.54, 1.807) is 13.8 Å². The number of methoxy groups -OCH3 is 1. The van der Waals surface area contributed by atoms with E-state index in [1.807, 2.05) is 6.92 Å². The number of Topliss-reactive ketones (excluding diaryl/α,β-unsaturated/α-hetero) is 2. The molecule has 1 saturated carbocycles. The molecule has 0 spiro atoms. The third kappa shape index (κ3) is 2.74. The minimum absolute atomic E-state index is 0.158. The summed E-state index contributed by atoms with van der Waals surface area (Å²) in [4.78, 5) is 39.2. The summed E-state index contributed by atoms with van der Waals surface area (Å²) in [5.41, 5.74) is 0.217. The van der Waals surface area contributed by atoms with Crippen LogP contribution in [0.3, 0.4) is 0 Å². The van der Waals surface area contributed by atoms with Crippen LogP contribution in [0, 0.1) is 11.3 Å². The molecule has 0 aromatic carbocycles.